The molecule has 0 saturated carbocycles. The predicted octanol–water partition coefficient (Wildman–Crippen LogP) is 3.80. The molecule has 3 aromatic rings. The summed E-state index contributed by atoms with van der Waals surface area (Å²) < 4.78 is 35.4. The van der Waals surface area contributed by atoms with E-state index >= 15 is 0 Å². The van der Waals surface area contributed by atoms with Crippen molar-refractivity contribution in [3.63, 3.8) is 0 Å². The van der Waals surface area contributed by atoms with Gasteiger partial charge in [0.2, 0.25) is 0 Å². The van der Waals surface area contributed by atoms with Gasteiger partial charge in [-0.1, -0.05) is 18.2 Å². The predicted molar refractivity (Wildman–Crippen MR) is 119 cm³/mol. The molecule has 0 amide bonds. The Bertz CT molecular complexity index is 914. The fourth-order valence-corrected chi connectivity index (χ4v) is 4.10. The van der Waals surface area contributed by atoms with E-state index in [1.807, 2.05) is 36.4 Å². The molecule has 2 heterocycles. The Balaban J connectivity index is 1.52. The first-order valence-corrected chi connectivity index (χ1v) is 11.3. The summed E-state index contributed by atoms with van der Waals surface area (Å²) in [6.07, 6.45) is 0. The van der Waals surface area contributed by atoms with E-state index in [4.69, 9.17) is 33.4 Å². The number of hydrogen-bond acceptors (Lipinski definition) is 8. The summed E-state index contributed by atoms with van der Waals surface area (Å²) in [5, 5.41) is 0.895. The zero-order valence-electron chi connectivity index (χ0n) is 17.4. The summed E-state index contributed by atoms with van der Waals surface area (Å²) in [5.41, 5.74) is 1.88. The minimum atomic E-state index is 0.401. The second-order valence-electron chi connectivity index (χ2n) is 6.77. The molecule has 0 bridgehead atoms. The lowest BCUT2D eigenvalue weighted by Crippen LogP contribution is -2.16. The third kappa shape index (κ3) is 6.38. The van der Waals surface area contributed by atoms with Crippen LogP contribution in [0, 0.1) is 0 Å². The lowest BCUT2D eigenvalue weighted by molar-refractivity contribution is -0.00838. The van der Waals surface area contributed by atoms with E-state index in [0.717, 1.165) is 20.8 Å². The number of ether oxygens (including phenoxy) is 6. The number of rotatable bonds is 1. The van der Waals surface area contributed by atoms with Crippen molar-refractivity contribution >= 4 is 21.6 Å². The first-order chi connectivity index (χ1) is 15.4. The zero-order chi connectivity index (χ0) is 21.1. The number of benzene rings is 2. The lowest BCUT2D eigenvalue weighted by atomic mass is 10.2. The molecule has 0 atom stereocenters. The van der Waals surface area contributed by atoms with Gasteiger partial charge in [0.15, 0.2) is 11.5 Å². The van der Waals surface area contributed by atoms with Crippen LogP contribution in [0.2, 0.25) is 0 Å². The van der Waals surface area contributed by atoms with Crippen molar-refractivity contribution in [3.05, 3.63) is 42.5 Å². The molecule has 8 heteroatoms. The van der Waals surface area contributed by atoms with E-state index in [9.17, 15) is 0 Å². The number of nitrogens with zero attached hydrogens (tertiary/aromatic N) is 1. The summed E-state index contributed by atoms with van der Waals surface area (Å²) >= 11 is 1.63. The van der Waals surface area contributed by atoms with Crippen molar-refractivity contribution in [2.24, 2.45) is 0 Å². The summed E-state index contributed by atoms with van der Waals surface area (Å²) in [7, 11) is 0. The van der Waals surface area contributed by atoms with Gasteiger partial charge in [-0.2, -0.15) is 0 Å². The van der Waals surface area contributed by atoms with Crippen LogP contribution in [-0.2, 0) is 18.9 Å². The van der Waals surface area contributed by atoms with Crippen LogP contribution in [0.3, 0.4) is 0 Å². The summed E-state index contributed by atoms with van der Waals surface area (Å²) in [5.74, 6) is 1.34. The Morgan fingerprint density at radius 2 is 1.23 bits per heavy atom. The van der Waals surface area contributed by atoms with Crippen molar-refractivity contribution in [2.45, 2.75) is 0 Å². The molecule has 0 aliphatic carbocycles. The molecule has 166 valence electrons. The maximum absolute atomic E-state index is 6.13. The van der Waals surface area contributed by atoms with Gasteiger partial charge in [0.25, 0.3) is 0 Å². The Hall–Kier alpha value is -2.23. The summed E-state index contributed by atoms with van der Waals surface area (Å²) in [6.45, 7) is 4.91. The van der Waals surface area contributed by atoms with Crippen LogP contribution in [0.1, 0.15) is 0 Å². The first kappa shape index (κ1) is 22.0. The molecule has 0 unspecified atom stereocenters. The maximum atomic E-state index is 6.13. The fourth-order valence-electron chi connectivity index (χ4n) is 3.11. The van der Waals surface area contributed by atoms with Crippen molar-refractivity contribution in [3.8, 4) is 22.1 Å². The molecular formula is C23H27NO6S. The van der Waals surface area contributed by atoms with Crippen molar-refractivity contribution in [1.29, 1.82) is 0 Å². The summed E-state index contributed by atoms with van der Waals surface area (Å²) in [6, 6.07) is 14.0. The molecule has 1 aliphatic heterocycles. The van der Waals surface area contributed by atoms with E-state index in [-0.39, 0.29) is 0 Å². The van der Waals surface area contributed by atoms with E-state index in [2.05, 4.69) is 6.07 Å². The van der Waals surface area contributed by atoms with Crippen molar-refractivity contribution in [2.75, 3.05) is 66.1 Å². The normalized spacial score (nSPS) is 17.7. The third-order valence-electron chi connectivity index (χ3n) is 4.58. The molecule has 7 nitrogen and oxygen atoms in total. The number of aromatic nitrogens is 1. The third-order valence-corrected chi connectivity index (χ3v) is 5.65. The van der Waals surface area contributed by atoms with Gasteiger partial charge in [0.1, 0.15) is 18.2 Å². The van der Waals surface area contributed by atoms with E-state index in [1.165, 1.54) is 0 Å². The van der Waals surface area contributed by atoms with Crippen LogP contribution in [0.25, 0.3) is 20.8 Å². The van der Waals surface area contributed by atoms with Gasteiger partial charge in [-0.25, -0.2) is 4.98 Å². The largest absolute Gasteiger partial charge is 0.487 e. The van der Waals surface area contributed by atoms with Crippen LogP contribution in [0.4, 0.5) is 0 Å². The Morgan fingerprint density at radius 1 is 0.613 bits per heavy atom. The molecule has 0 fully saturated rings. The van der Waals surface area contributed by atoms with Crippen LogP contribution < -0.4 is 9.47 Å². The van der Waals surface area contributed by atoms with Gasteiger partial charge < -0.3 is 28.4 Å². The SMILES string of the molecule is c1cc2c(c(-c3nc4ccccc4s3)c1)OCCOCCOCCOCCOCCO2. The number of para-hydroxylation sites is 2. The van der Waals surface area contributed by atoms with Crippen molar-refractivity contribution in [1.82, 2.24) is 4.98 Å². The fraction of sp³-hybridized carbons (Fsp3) is 0.435. The Kier molecular flexibility index (Phi) is 8.49. The topological polar surface area (TPSA) is 68.3 Å². The van der Waals surface area contributed by atoms with E-state index in [0.29, 0.717) is 77.6 Å². The van der Waals surface area contributed by atoms with Gasteiger partial charge >= 0.3 is 0 Å². The van der Waals surface area contributed by atoms with Gasteiger partial charge in [0, 0.05) is 0 Å². The number of fused-ring (bicyclic) bond motifs is 2. The maximum Gasteiger partial charge on any atom is 0.171 e. The molecule has 31 heavy (non-hydrogen) atoms. The molecule has 2 aromatic carbocycles. The highest BCUT2D eigenvalue weighted by atomic mass is 32.1. The van der Waals surface area contributed by atoms with Crippen molar-refractivity contribution < 1.29 is 28.4 Å². The second-order valence-corrected chi connectivity index (χ2v) is 7.80. The minimum absolute atomic E-state index is 0.401. The monoisotopic (exact) mass is 445 g/mol. The van der Waals surface area contributed by atoms with Crippen LogP contribution in [-0.4, -0.2) is 71.1 Å². The van der Waals surface area contributed by atoms with Crippen LogP contribution >= 0.6 is 11.3 Å². The van der Waals surface area contributed by atoms with Gasteiger partial charge in [-0.3, -0.25) is 0 Å². The highest BCUT2D eigenvalue weighted by molar-refractivity contribution is 7.21. The van der Waals surface area contributed by atoms with E-state index < -0.39 is 0 Å². The molecule has 0 N–H and O–H groups in total. The van der Waals surface area contributed by atoms with Gasteiger partial charge in [-0.05, 0) is 24.3 Å². The standard InChI is InChI=1S/C23H27NO6S/c1-2-7-21-19(5-1)24-23(31-21)18-4-3-6-20-22(18)30-17-15-28-13-11-26-9-8-25-10-12-27-14-16-29-20/h1-7H,8-17H2. The Labute approximate surface area is 185 Å². The average molecular weight is 446 g/mol. The molecule has 4 rings (SSSR count). The molecule has 1 aliphatic rings. The van der Waals surface area contributed by atoms with Gasteiger partial charge in [-0.15, -0.1) is 11.3 Å². The van der Waals surface area contributed by atoms with E-state index in [1.54, 1.807) is 11.3 Å². The van der Waals surface area contributed by atoms with Crippen LogP contribution in [0.5, 0.6) is 11.5 Å². The molecule has 1 aromatic heterocycles. The zero-order valence-corrected chi connectivity index (χ0v) is 18.2. The minimum Gasteiger partial charge on any atom is -0.487 e. The quantitative estimate of drug-likeness (QED) is 0.564. The molecule has 0 spiro atoms. The Morgan fingerprint density at radius 3 is 1.90 bits per heavy atom. The number of hydrogen-bond donors (Lipinski definition) is 0. The second kappa shape index (κ2) is 12.0. The summed E-state index contributed by atoms with van der Waals surface area (Å²) in [4.78, 5) is 4.79. The number of thiazole rings is 1. The highest BCUT2D eigenvalue weighted by Gasteiger charge is 2.16. The van der Waals surface area contributed by atoms with Gasteiger partial charge in [0.05, 0.1) is 68.6 Å². The molecule has 0 radical (unpaired) electrons. The average Bonchev–Trinajstić information content (AvgIpc) is 3.23. The first-order valence-electron chi connectivity index (χ1n) is 10.5. The molecular weight excluding hydrogens is 418 g/mol. The van der Waals surface area contributed by atoms with Crippen LogP contribution in [0.15, 0.2) is 42.5 Å². The smallest absolute Gasteiger partial charge is 0.171 e. The molecule has 0 saturated heterocycles. The highest BCUT2D eigenvalue weighted by Crippen LogP contribution is 2.41. The lowest BCUT2D eigenvalue weighted by Gasteiger charge is -2.16.